The van der Waals surface area contributed by atoms with Crippen molar-refractivity contribution in [2.75, 3.05) is 11.9 Å². The molecule has 2 aromatic carbocycles. The maximum atomic E-state index is 13.1. The van der Waals surface area contributed by atoms with E-state index in [9.17, 15) is 27.6 Å². The molecule has 1 heterocycles. The molecule has 2 aromatic rings. The quantitative estimate of drug-likeness (QED) is 0.607. The third-order valence-corrected chi connectivity index (χ3v) is 5.47. The summed E-state index contributed by atoms with van der Waals surface area (Å²) in [5.74, 6) is -3.95. The van der Waals surface area contributed by atoms with E-state index in [1.807, 2.05) is 6.07 Å². The van der Waals surface area contributed by atoms with Gasteiger partial charge in [0.05, 0.1) is 17.8 Å². The average Bonchev–Trinajstić information content (AvgIpc) is 2.88. The molecule has 2 amide bonds. The first-order valence-corrected chi connectivity index (χ1v) is 10.7. The summed E-state index contributed by atoms with van der Waals surface area (Å²) >= 11 is 0. The molecule has 0 aliphatic carbocycles. The minimum atomic E-state index is -4.41. The van der Waals surface area contributed by atoms with Gasteiger partial charge in [-0.1, -0.05) is 48.5 Å². The zero-order valence-electron chi connectivity index (χ0n) is 18.4. The summed E-state index contributed by atoms with van der Waals surface area (Å²) in [6, 6.07) is 16.1. The van der Waals surface area contributed by atoms with Gasteiger partial charge in [-0.2, -0.15) is 13.2 Å². The van der Waals surface area contributed by atoms with Crippen LogP contribution in [0.5, 0.6) is 0 Å². The molecule has 1 aliphatic heterocycles. The van der Waals surface area contributed by atoms with Crippen molar-refractivity contribution < 1.29 is 32.7 Å². The molecule has 2 atom stereocenters. The number of carboxylic acid groups (broad SMARTS) is 1. The number of fused-ring (bicyclic) bond motifs is 1. The second kappa shape index (κ2) is 10.5. The van der Waals surface area contributed by atoms with Crippen molar-refractivity contribution in [1.29, 1.82) is 0 Å². The summed E-state index contributed by atoms with van der Waals surface area (Å²) in [7, 11) is 1.53. The molecule has 0 aromatic heterocycles. The minimum Gasteiger partial charge on any atom is -0.481 e. The smallest absolute Gasteiger partial charge is 0.389 e. The summed E-state index contributed by atoms with van der Waals surface area (Å²) in [6.45, 7) is 0. The molecule has 1 aliphatic rings. The summed E-state index contributed by atoms with van der Waals surface area (Å²) < 4.78 is 37.6. The number of halogens is 3. The Balaban J connectivity index is 1.91. The first-order chi connectivity index (χ1) is 16.1. The number of carboxylic acids is 1. The van der Waals surface area contributed by atoms with Gasteiger partial charge in [-0.3, -0.25) is 14.4 Å². The predicted octanol–water partition coefficient (Wildman–Crippen LogP) is 3.77. The van der Waals surface area contributed by atoms with Crippen molar-refractivity contribution in [3.63, 3.8) is 0 Å². The molecule has 10 heteroatoms. The van der Waals surface area contributed by atoms with Gasteiger partial charge in [0.1, 0.15) is 0 Å². The number of nitrogens with zero attached hydrogens (tertiary/aromatic N) is 2. The van der Waals surface area contributed by atoms with Crippen LogP contribution in [-0.2, 0) is 14.4 Å². The van der Waals surface area contributed by atoms with Crippen LogP contribution in [0.25, 0.3) is 0 Å². The first kappa shape index (κ1) is 24.9. The topological polar surface area (TPSA) is 99.1 Å². The van der Waals surface area contributed by atoms with Gasteiger partial charge < -0.3 is 15.3 Å². The standard InChI is InChI=1S/C24H24F3N3O4/c1-30-18-12-6-5-11-17(18)20(15-8-3-2-4-9-15)28-21(23(30)34)29-22(33)16(14-19(31)32)10-7-13-24(25,26)27/h2-6,8-9,11-12,16,21H,7,10,13-14H2,1H3,(H,29,33)(H,31,32). The fourth-order valence-corrected chi connectivity index (χ4v) is 3.78. The van der Waals surface area contributed by atoms with E-state index >= 15 is 0 Å². The van der Waals surface area contributed by atoms with E-state index in [4.69, 9.17) is 5.11 Å². The van der Waals surface area contributed by atoms with Gasteiger partial charge in [-0.05, 0) is 18.9 Å². The van der Waals surface area contributed by atoms with Crippen molar-refractivity contribution >= 4 is 29.2 Å². The fraction of sp³-hybridized carbons (Fsp3) is 0.333. The molecule has 7 nitrogen and oxygen atoms in total. The number of anilines is 1. The number of hydrogen-bond acceptors (Lipinski definition) is 4. The van der Waals surface area contributed by atoms with Crippen LogP contribution in [-0.4, -0.2) is 48.0 Å². The number of rotatable bonds is 8. The van der Waals surface area contributed by atoms with Gasteiger partial charge in [-0.25, -0.2) is 4.99 Å². The molecule has 180 valence electrons. The van der Waals surface area contributed by atoms with Gasteiger partial charge in [0.25, 0.3) is 5.91 Å². The van der Waals surface area contributed by atoms with Gasteiger partial charge >= 0.3 is 12.1 Å². The summed E-state index contributed by atoms with van der Waals surface area (Å²) in [5.41, 5.74) is 2.38. The van der Waals surface area contributed by atoms with Gasteiger partial charge in [0, 0.05) is 30.5 Å². The number of hydrogen-bond donors (Lipinski definition) is 2. The Hall–Kier alpha value is -3.69. The Bertz CT molecular complexity index is 1090. The number of carbonyl (C=O) groups excluding carboxylic acids is 2. The molecule has 0 bridgehead atoms. The highest BCUT2D eigenvalue weighted by Crippen LogP contribution is 2.28. The van der Waals surface area contributed by atoms with E-state index in [0.29, 0.717) is 22.5 Å². The normalized spacial score (nSPS) is 16.8. The van der Waals surface area contributed by atoms with Gasteiger partial charge in [0.15, 0.2) is 0 Å². The third-order valence-electron chi connectivity index (χ3n) is 5.47. The molecule has 0 saturated carbocycles. The number of aliphatic imine (C=N–C) groups is 1. The number of benzodiazepines with no additional fused rings is 1. The number of aliphatic carboxylic acids is 1. The van der Waals surface area contributed by atoms with E-state index in [1.165, 1.54) is 11.9 Å². The van der Waals surface area contributed by atoms with Crippen molar-refractivity contribution in [1.82, 2.24) is 5.32 Å². The lowest BCUT2D eigenvalue weighted by atomic mass is 9.97. The number of alkyl halides is 3. The van der Waals surface area contributed by atoms with Crippen LogP contribution in [0.1, 0.15) is 36.8 Å². The van der Waals surface area contributed by atoms with Crippen LogP contribution in [0.3, 0.4) is 0 Å². The lowest BCUT2D eigenvalue weighted by Gasteiger charge is -2.22. The SMILES string of the molecule is CN1C(=O)C(NC(=O)C(CCCC(F)(F)F)CC(=O)O)N=C(c2ccccc2)c2ccccc21. The number of nitrogens with one attached hydrogen (secondary N) is 1. The van der Waals surface area contributed by atoms with E-state index in [2.05, 4.69) is 10.3 Å². The first-order valence-electron chi connectivity index (χ1n) is 10.7. The molecule has 0 spiro atoms. The van der Waals surface area contributed by atoms with Crippen molar-refractivity contribution in [2.24, 2.45) is 10.9 Å². The van der Waals surface area contributed by atoms with Crippen molar-refractivity contribution in [3.05, 3.63) is 65.7 Å². The monoisotopic (exact) mass is 475 g/mol. The molecule has 0 fully saturated rings. The van der Waals surface area contributed by atoms with Crippen molar-refractivity contribution in [2.45, 2.75) is 38.0 Å². The van der Waals surface area contributed by atoms with Crippen LogP contribution >= 0.6 is 0 Å². The second-order valence-corrected chi connectivity index (χ2v) is 7.97. The molecule has 0 radical (unpaired) electrons. The second-order valence-electron chi connectivity index (χ2n) is 7.97. The highest BCUT2D eigenvalue weighted by molar-refractivity contribution is 6.20. The lowest BCUT2D eigenvalue weighted by molar-refractivity contribution is -0.143. The largest absolute Gasteiger partial charge is 0.481 e. The van der Waals surface area contributed by atoms with E-state index in [0.717, 1.165) is 0 Å². The summed E-state index contributed by atoms with van der Waals surface area (Å²) in [5, 5.41) is 11.6. The van der Waals surface area contributed by atoms with Crippen LogP contribution in [0.4, 0.5) is 18.9 Å². The number of carbonyl (C=O) groups is 3. The molecule has 34 heavy (non-hydrogen) atoms. The number of likely N-dealkylation sites (N-methyl/N-ethyl adjacent to an activating group) is 1. The Kier molecular flexibility index (Phi) is 7.70. The van der Waals surface area contributed by atoms with E-state index in [-0.39, 0.29) is 6.42 Å². The highest BCUT2D eigenvalue weighted by Gasteiger charge is 2.34. The Morgan fingerprint density at radius 1 is 1.12 bits per heavy atom. The van der Waals surface area contributed by atoms with Gasteiger partial charge in [-0.15, -0.1) is 0 Å². The fourth-order valence-electron chi connectivity index (χ4n) is 3.78. The van der Waals surface area contributed by atoms with Crippen LogP contribution in [0.15, 0.2) is 59.6 Å². The number of benzene rings is 2. The lowest BCUT2D eigenvalue weighted by Crippen LogP contribution is -2.48. The van der Waals surface area contributed by atoms with Crippen molar-refractivity contribution in [3.8, 4) is 0 Å². The van der Waals surface area contributed by atoms with E-state index < -0.39 is 55.3 Å². The van der Waals surface area contributed by atoms with Gasteiger partial charge in [0.2, 0.25) is 12.1 Å². The maximum Gasteiger partial charge on any atom is 0.389 e. The number of para-hydroxylation sites is 1. The molecular formula is C24H24F3N3O4. The Morgan fingerprint density at radius 2 is 1.76 bits per heavy atom. The zero-order chi connectivity index (χ0) is 24.9. The maximum absolute atomic E-state index is 13.1. The zero-order valence-corrected chi connectivity index (χ0v) is 18.4. The molecule has 3 rings (SSSR count). The molecular weight excluding hydrogens is 451 g/mol. The molecule has 0 saturated heterocycles. The Labute approximate surface area is 194 Å². The predicted molar refractivity (Wildman–Crippen MR) is 120 cm³/mol. The third kappa shape index (κ3) is 6.21. The molecule has 2 unspecified atom stereocenters. The van der Waals surface area contributed by atoms with Crippen LogP contribution < -0.4 is 10.2 Å². The average molecular weight is 475 g/mol. The van der Waals surface area contributed by atoms with E-state index in [1.54, 1.807) is 48.5 Å². The highest BCUT2D eigenvalue weighted by atomic mass is 19.4. The molecule has 2 N–H and O–H groups in total. The summed E-state index contributed by atoms with van der Waals surface area (Å²) in [6.07, 6.45) is -8.27. The van der Waals surface area contributed by atoms with Crippen LogP contribution in [0.2, 0.25) is 0 Å². The Morgan fingerprint density at radius 3 is 2.41 bits per heavy atom. The summed E-state index contributed by atoms with van der Waals surface area (Å²) in [4.78, 5) is 43.1. The minimum absolute atomic E-state index is 0.288. The van der Waals surface area contributed by atoms with Crippen LogP contribution in [0, 0.1) is 5.92 Å². The number of amides is 2.